The maximum atomic E-state index is 13.1. The highest BCUT2D eigenvalue weighted by Crippen LogP contribution is 2.38. The molecule has 39 heavy (non-hydrogen) atoms. The molecule has 0 saturated carbocycles. The Hall–Kier alpha value is -2.67. The van der Waals surface area contributed by atoms with Crippen molar-refractivity contribution in [1.29, 1.82) is 0 Å². The van der Waals surface area contributed by atoms with Gasteiger partial charge in [-0.15, -0.1) is 0 Å². The van der Waals surface area contributed by atoms with E-state index < -0.39 is 16.5 Å². The van der Waals surface area contributed by atoms with E-state index in [0.29, 0.717) is 6.42 Å². The number of carbonyl (C=O) groups excluding carboxylic acids is 1. The van der Waals surface area contributed by atoms with Crippen molar-refractivity contribution in [3.8, 4) is 11.3 Å². The number of hydrogen-bond acceptors (Lipinski definition) is 6. The molecule has 0 radical (unpaired) electrons. The van der Waals surface area contributed by atoms with Crippen LogP contribution in [0.3, 0.4) is 0 Å². The lowest BCUT2D eigenvalue weighted by molar-refractivity contribution is -0.162. The van der Waals surface area contributed by atoms with Crippen LogP contribution in [0.4, 0.5) is 0 Å². The summed E-state index contributed by atoms with van der Waals surface area (Å²) >= 11 is 0. The van der Waals surface area contributed by atoms with Gasteiger partial charge in [-0.25, -0.2) is 0 Å². The molecule has 0 fully saturated rings. The van der Waals surface area contributed by atoms with Crippen LogP contribution < -0.4 is 11.5 Å². The zero-order chi connectivity index (χ0) is 28.8. The van der Waals surface area contributed by atoms with E-state index in [4.69, 9.17) is 20.6 Å². The van der Waals surface area contributed by atoms with Gasteiger partial charge in [-0.1, -0.05) is 49.7 Å². The lowest BCUT2D eigenvalue weighted by Gasteiger charge is -2.43. The maximum Gasteiger partial charge on any atom is 0.313 e. The Bertz CT molecular complexity index is 1230. The molecule has 0 bridgehead atoms. The first-order valence-corrected chi connectivity index (χ1v) is 14.2. The predicted molar refractivity (Wildman–Crippen MR) is 159 cm³/mol. The summed E-state index contributed by atoms with van der Waals surface area (Å²) in [5.41, 5.74) is 14.9. The van der Waals surface area contributed by atoms with Crippen molar-refractivity contribution in [3.63, 3.8) is 0 Å². The van der Waals surface area contributed by atoms with Gasteiger partial charge in [0, 0.05) is 34.6 Å². The van der Waals surface area contributed by atoms with Crippen LogP contribution >= 0.6 is 0 Å². The molecule has 2 unspecified atom stereocenters. The van der Waals surface area contributed by atoms with E-state index in [1.54, 1.807) is 0 Å². The first-order chi connectivity index (χ1) is 18.3. The highest BCUT2D eigenvalue weighted by atomic mass is 16.5. The summed E-state index contributed by atoms with van der Waals surface area (Å²) in [5.74, 6) is 0.433. The fourth-order valence-electron chi connectivity index (χ4n) is 5.25. The molecule has 0 aliphatic heterocycles. The number of benzene rings is 2. The molecule has 2 atom stereocenters. The van der Waals surface area contributed by atoms with E-state index in [2.05, 4.69) is 49.4 Å². The average Bonchev–Trinajstić information content (AvgIpc) is 3.29. The summed E-state index contributed by atoms with van der Waals surface area (Å²) in [6, 6.07) is 16.9. The Morgan fingerprint density at radius 3 is 2.38 bits per heavy atom. The van der Waals surface area contributed by atoms with Crippen molar-refractivity contribution >= 4 is 16.9 Å². The number of aliphatic hydroxyl groups is 1. The summed E-state index contributed by atoms with van der Waals surface area (Å²) in [5, 5.41) is 11.0. The minimum Gasteiger partial charge on any atom is -0.465 e. The summed E-state index contributed by atoms with van der Waals surface area (Å²) in [6.45, 7) is 11.5. The molecular weight excluding hydrogens is 488 g/mol. The molecule has 6 nitrogen and oxygen atoms in total. The summed E-state index contributed by atoms with van der Waals surface area (Å²) in [4.78, 5) is 13.1. The van der Waals surface area contributed by atoms with Crippen LogP contribution in [0.25, 0.3) is 22.3 Å². The summed E-state index contributed by atoms with van der Waals surface area (Å²) < 4.78 is 11.9. The van der Waals surface area contributed by atoms with Crippen LogP contribution in [0, 0.1) is 11.3 Å². The Morgan fingerprint density at radius 2 is 1.74 bits per heavy atom. The average molecular weight is 537 g/mol. The number of esters is 1. The van der Waals surface area contributed by atoms with Gasteiger partial charge in [-0.3, -0.25) is 4.79 Å². The van der Waals surface area contributed by atoms with Gasteiger partial charge in [-0.2, -0.15) is 0 Å². The second-order valence-corrected chi connectivity index (χ2v) is 12.6. The fourth-order valence-corrected chi connectivity index (χ4v) is 5.25. The quantitative estimate of drug-likeness (QED) is 0.162. The minimum absolute atomic E-state index is 0.0290. The lowest BCUT2D eigenvalue weighted by atomic mass is 9.67. The van der Waals surface area contributed by atoms with Gasteiger partial charge in [0.15, 0.2) is 0 Å². The highest BCUT2D eigenvalue weighted by Gasteiger charge is 2.48. The minimum atomic E-state index is -0.936. The van der Waals surface area contributed by atoms with Crippen LogP contribution in [0.5, 0.6) is 0 Å². The molecule has 0 aliphatic carbocycles. The monoisotopic (exact) mass is 536 g/mol. The van der Waals surface area contributed by atoms with Crippen molar-refractivity contribution in [2.75, 3.05) is 13.2 Å². The van der Waals surface area contributed by atoms with Gasteiger partial charge in [0.05, 0.1) is 12.0 Å². The Kier molecular flexibility index (Phi) is 10.0. The fraction of sp³-hybridized carbons (Fsp3) is 0.545. The molecular formula is C33H48N2O4. The third-order valence-electron chi connectivity index (χ3n) is 7.97. The molecule has 6 heteroatoms. The van der Waals surface area contributed by atoms with Crippen LogP contribution in [0.1, 0.15) is 78.4 Å². The number of nitrogens with two attached hydrogens (primary N) is 2. The SMILES string of the molecule is CCc1ccccc1-c1cc2ccc(CCCCC(CO)COC(=O)C(C)(CC(C)(C)N)C(C)(C)N)cc2o1. The number of rotatable bonds is 14. The van der Waals surface area contributed by atoms with Gasteiger partial charge in [0.2, 0.25) is 0 Å². The molecule has 0 saturated heterocycles. The molecule has 3 rings (SSSR count). The van der Waals surface area contributed by atoms with Gasteiger partial charge in [-0.05, 0) is 90.0 Å². The van der Waals surface area contributed by atoms with Crippen LogP contribution in [0.15, 0.2) is 52.9 Å². The molecule has 0 amide bonds. The van der Waals surface area contributed by atoms with Crippen molar-refractivity contribution in [1.82, 2.24) is 0 Å². The van der Waals surface area contributed by atoms with Gasteiger partial charge >= 0.3 is 5.97 Å². The number of hydrogen-bond donors (Lipinski definition) is 3. The molecule has 5 N–H and O–H groups in total. The lowest BCUT2D eigenvalue weighted by Crippen LogP contribution is -2.58. The van der Waals surface area contributed by atoms with E-state index in [1.807, 2.05) is 40.7 Å². The van der Waals surface area contributed by atoms with Crippen molar-refractivity contribution < 1.29 is 19.1 Å². The van der Waals surface area contributed by atoms with Gasteiger partial charge in [0.25, 0.3) is 0 Å². The summed E-state index contributed by atoms with van der Waals surface area (Å²) in [7, 11) is 0. The third-order valence-corrected chi connectivity index (χ3v) is 7.97. The second kappa shape index (κ2) is 12.7. The van der Waals surface area contributed by atoms with Crippen LogP contribution in [-0.4, -0.2) is 35.4 Å². The highest BCUT2D eigenvalue weighted by molar-refractivity contribution is 5.84. The van der Waals surface area contributed by atoms with Gasteiger partial charge in [0.1, 0.15) is 11.3 Å². The molecule has 3 aromatic rings. The number of carbonyl (C=O) groups is 1. The Labute approximate surface area is 234 Å². The van der Waals surface area contributed by atoms with Crippen molar-refractivity contribution in [2.45, 2.75) is 91.1 Å². The maximum absolute atomic E-state index is 13.1. The third kappa shape index (κ3) is 7.93. The van der Waals surface area contributed by atoms with E-state index in [1.165, 1.54) is 11.1 Å². The van der Waals surface area contributed by atoms with E-state index in [-0.39, 0.29) is 25.1 Å². The number of unbranched alkanes of at least 4 members (excludes halogenated alkanes) is 1. The number of furan rings is 1. The molecule has 0 spiro atoms. The zero-order valence-electron chi connectivity index (χ0n) is 24.7. The van der Waals surface area contributed by atoms with E-state index >= 15 is 0 Å². The van der Waals surface area contributed by atoms with Crippen LogP contribution in [0.2, 0.25) is 0 Å². The first kappa shape index (κ1) is 30.9. The molecule has 0 aliphatic rings. The van der Waals surface area contributed by atoms with Crippen molar-refractivity contribution in [3.05, 3.63) is 59.7 Å². The van der Waals surface area contributed by atoms with E-state index in [9.17, 15) is 9.90 Å². The van der Waals surface area contributed by atoms with Gasteiger partial charge < -0.3 is 25.7 Å². The number of aryl methyl sites for hydroxylation is 2. The standard InChI is InChI=1S/C33H48N2O4/c1-7-25-14-10-11-15-27(25)29-19-26-17-16-23(18-28(26)39-29)12-8-9-13-24(20-36)21-38-30(37)33(6,32(4,5)35)22-31(2,3)34/h10-11,14-19,24,36H,7-9,12-13,20-22,34-35H2,1-6H3. The Balaban J connectivity index is 1.53. The normalized spacial score (nSPS) is 14.8. The Morgan fingerprint density at radius 1 is 1.03 bits per heavy atom. The smallest absolute Gasteiger partial charge is 0.313 e. The number of ether oxygens (including phenoxy) is 1. The molecule has 214 valence electrons. The van der Waals surface area contributed by atoms with Crippen molar-refractivity contribution in [2.24, 2.45) is 22.8 Å². The van der Waals surface area contributed by atoms with E-state index in [0.717, 1.165) is 54.4 Å². The second-order valence-electron chi connectivity index (χ2n) is 12.6. The summed E-state index contributed by atoms with van der Waals surface area (Å²) in [6.07, 6.45) is 4.94. The molecule has 1 heterocycles. The first-order valence-electron chi connectivity index (χ1n) is 14.2. The topological polar surface area (TPSA) is 112 Å². The number of fused-ring (bicyclic) bond motifs is 1. The van der Waals surface area contributed by atoms with Crippen LogP contribution in [-0.2, 0) is 22.4 Å². The largest absolute Gasteiger partial charge is 0.465 e. The predicted octanol–water partition coefficient (Wildman–Crippen LogP) is 6.40. The zero-order valence-corrected chi connectivity index (χ0v) is 24.7. The number of aliphatic hydroxyl groups excluding tert-OH is 1. The molecule has 2 aromatic carbocycles. The molecule has 1 aromatic heterocycles.